The van der Waals surface area contributed by atoms with Crippen molar-refractivity contribution in [3.8, 4) is 17.1 Å². The van der Waals surface area contributed by atoms with Gasteiger partial charge in [0.2, 0.25) is 5.95 Å². The Kier molecular flexibility index (Phi) is 4.13. The van der Waals surface area contributed by atoms with E-state index in [1.165, 1.54) is 5.56 Å². The maximum Gasteiger partial charge on any atom is 0.227 e. The van der Waals surface area contributed by atoms with E-state index >= 15 is 0 Å². The summed E-state index contributed by atoms with van der Waals surface area (Å²) in [5.74, 6) is 3.24. The Balaban J connectivity index is 1.47. The first-order valence-electron chi connectivity index (χ1n) is 8.53. The molecule has 0 radical (unpaired) electrons. The Morgan fingerprint density at radius 1 is 1.20 bits per heavy atom. The summed E-state index contributed by atoms with van der Waals surface area (Å²) in [6.45, 7) is 1.94. The van der Waals surface area contributed by atoms with Crippen LogP contribution in [0.4, 0.5) is 5.95 Å². The minimum Gasteiger partial charge on any atom is -0.497 e. The number of benzene rings is 1. The molecule has 1 aliphatic heterocycles. The number of hydrogen-bond acceptors (Lipinski definition) is 5. The number of ether oxygens (including phenoxy) is 1. The molecule has 1 aromatic carbocycles. The first kappa shape index (κ1) is 15.7. The van der Waals surface area contributed by atoms with E-state index < -0.39 is 0 Å². The molecule has 1 fully saturated rings. The second-order valence-corrected chi connectivity index (χ2v) is 6.41. The number of nitrogens with one attached hydrogen (secondary N) is 1. The fourth-order valence-electron chi connectivity index (χ4n) is 3.53. The predicted molar refractivity (Wildman–Crippen MR) is 95.8 cm³/mol. The van der Waals surface area contributed by atoms with E-state index in [4.69, 9.17) is 4.74 Å². The lowest BCUT2D eigenvalue weighted by molar-refractivity contribution is 0.412. The Hall–Kier alpha value is -2.83. The van der Waals surface area contributed by atoms with Crippen LogP contribution in [-0.4, -0.2) is 45.2 Å². The summed E-state index contributed by atoms with van der Waals surface area (Å²) < 4.78 is 7.39. The Bertz CT molecular complexity index is 833. The number of piperidine rings is 1. The first-order valence-corrected chi connectivity index (χ1v) is 8.53. The van der Waals surface area contributed by atoms with Crippen molar-refractivity contribution in [3.05, 3.63) is 42.2 Å². The van der Waals surface area contributed by atoms with Crippen LogP contribution in [0.3, 0.4) is 0 Å². The quantitative estimate of drug-likeness (QED) is 0.792. The lowest BCUT2D eigenvalue weighted by Crippen LogP contribution is -2.34. The van der Waals surface area contributed by atoms with Crippen molar-refractivity contribution in [2.75, 3.05) is 25.1 Å². The largest absolute Gasteiger partial charge is 0.497 e. The highest BCUT2D eigenvalue weighted by atomic mass is 16.5. The second-order valence-electron chi connectivity index (χ2n) is 6.41. The van der Waals surface area contributed by atoms with Crippen molar-refractivity contribution in [2.24, 2.45) is 7.05 Å². The third kappa shape index (κ3) is 2.97. The Morgan fingerprint density at radius 3 is 2.76 bits per heavy atom. The molecule has 1 N–H and O–H groups in total. The molecule has 0 amide bonds. The van der Waals surface area contributed by atoms with Crippen LogP contribution < -0.4 is 9.64 Å². The topological polar surface area (TPSA) is 71.9 Å². The van der Waals surface area contributed by atoms with Gasteiger partial charge in [-0.15, -0.1) is 10.2 Å². The minimum atomic E-state index is 0.563. The molecule has 3 heterocycles. The SMILES string of the molecule is COc1cccc(C2CCN(c3nnc(-c4cn[nH]c4)n3C)CC2)c1. The van der Waals surface area contributed by atoms with Crippen LogP contribution in [0.2, 0.25) is 0 Å². The summed E-state index contributed by atoms with van der Waals surface area (Å²) >= 11 is 0. The van der Waals surface area contributed by atoms with E-state index in [0.29, 0.717) is 5.92 Å². The molecule has 7 nitrogen and oxygen atoms in total. The molecule has 4 rings (SSSR count). The molecule has 2 aromatic heterocycles. The summed E-state index contributed by atoms with van der Waals surface area (Å²) in [7, 11) is 3.72. The van der Waals surface area contributed by atoms with Gasteiger partial charge in [0.25, 0.3) is 0 Å². The molecule has 0 spiro atoms. The van der Waals surface area contributed by atoms with Gasteiger partial charge in [-0.3, -0.25) is 9.67 Å². The van der Waals surface area contributed by atoms with E-state index in [1.807, 2.05) is 23.9 Å². The summed E-state index contributed by atoms with van der Waals surface area (Å²) in [6.07, 6.45) is 5.80. The zero-order chi connectivity index (χ0) is 17.2. The van der Waals surface area contributed by atoms with Gasteiger partial charge in [-0.25, -0.2) is 0 Å². The van der Waals surface area contributed by atoms with Gasteiger partial charge in [0.05, 0.1) is 18.9 Å². The van der Waals surface area contributed by atoms with Gasteiger partial charge in [0.1, 0.15) is 5.75 Å². The molecule has 0 saturated carbocycles. The monoisotopic (exact) mass is 338 g/mol. The van der Waals surface area contributed by atoms with Crippen molar-refractivity contribution >= 4 is 5.95 Å². The zero-order valence-electron chi connectivity index (χ0n) is 14.5. The Morgan fingerprint density at radius 2 is 2.04 bits per heavy atom. The van der Waals surface area contributed by atoms with Gasteiger partial charge < -0.3 is 9.64 Å². The summed E-state index contributed by atoms with van der Waals surface area (Å²) in [4.78, 5) is 2.31. The molecule has 1 saturated heterocycles. The lowest BCUT2D eigenvalue weighted by Gasteiger charge is -2.32. The highest BCUT2D eigenvalue weighted by molar-refractivity contribution is 5.55. The molecule has 0 bridgehead atoms. The van der Waals surface area contributed by atoms with Gasteiger partial charge in [0.15, 0.2) is 5.82 Å². The van der Waals surface area contributed by atoms with Crippen LogP contribution in [0, 0.1) is 0 Å². The fourth-order valence-corrected chi connectivity index (χ4v) is 3.53. The van der Waals surface area contributed by atoms with Crippen molar-refractivity contribution < 1.29 is 4.74 Å². The average molecular weight is 338 g/mol. The van der Waals surface area contributed by atoms with Crippen LogP contribution in [0.1, 0.15) is 24.3 Å². The zero-order valence-corrected chi connectivity index (χ0v) is 14.5. The highest BCUT2D eigenvalue weighted by Crippen LogP contribution is 2.32. The van der Waals surface area contributed by atoms with Crippen LogP contribution in [-0.2, 0) is 7.05 Å². The molecule has 3 aromatic rings. The summed E-state index contributed by atoms with van der Waals surface area (Å²) in [6, 6.07) is 8.41. The van der Waals surface area contributed by atoms with E-state index in [-0.39, 0.29) is 0 Å². The maximum atomic E-state index is 5.35. The van der Waals surface area contributed by atoms with Crippen LogP contribution >= 0.6 is 0 Å². The third-order valence-corrected chi connectivity index (χ3v) is 4.95. The number of methoxy groups -OCH3 is 1. The van der Waals surface area contributed by atoms with E-state index in [0.717, 1.165) is 49.0 Å². The average Bonchev–Trinajstić information content (AvgIpc) is 3.31. The second kappa shape index (κ2) is 6.58. The number of rotatable bonds is 4. The molecule has 0 aliphatic carbocycles. The number of anilines is 1. The number of aromatic amines is 1. The van der Waals surface area contributed by atoms with E-state index in [1.54, 1.807) is 13.3 Å². The molecule has 130 valence electrons. The normalized spacial score (nSPS) is 15.5. The van der Waals surface area contributed by atoms with Crippen LogP contribution in [0.15, 0.2) is 36.7 Å². The van der Waals surface area contributed by atoms with E-state index in [9.17, 15) is 0 Å². The van der Waals surface area contributed by atoms with Crippen molar-refractivity contribution in [1.29, 1.82) is 0 Å². The molecule has 7 heteroatoms. The molecule has 0 atom stereocenters. The van der Waals surface area contributed by atoms with Gasteiger partial charge >= 0.3 is 0 Å². The summed E-state index contributed by atoms with van der Waals surface area (Å²) in [5.41, 5.74) is 2.31. The number of aromatic nitrogens is 5. The fraction of sp³-hybridized carbons (Fsp3) is 0.389. The number of hydrogen-bond donors (Lipinski definition) is 1. The number of nitrogens with zero attached hydrogens (tertiary/aromatic N) is 5. The predicted octanol–water partition coefficient (Wildman–Crippen LogP) is 2.60. The molecule has 0 unspecified atom stereocenters. The molecule has 25 heavy (non-hydrogen) atoms. The van der Waals surface area contributed by atoms with Crippen LogP contribution in [0.25, 0.3) is 11.4 Å². The third-order valence-electron chi connectivity index (χ3n) is 4.95. The van der Waals surface area contributed by atoms with Gasteiger partial charge in [0, 0.05) is 26.3 Å². The van der Waals surface area contributed by atoms with Crippen molar-refractivity contribution in [1.82, 2.24) is 25.0 Å². The first-order chi connectivity index (χ1) is 12.3. The van der Waals surface area contributed by atoms with Crippen LogP contribution in [0.5, 0.6) is 5.75 Å². The lowest BCUT2D eigenvalue weighted by atomic mass is 9.89. The minimum absolute atomic E-state index is 0.563. The van der Waals surface area contributed by atoms with Crippen molar-refractivity contribution in [2.45, 2.75) is 18.8 Å². The molecular weight excluding hydrogens is 316 g/mol. The van der Waals surface area contributed by atoms with Gasteiger partial charge in [-0.1, -0.05) is 12.1 Å². The molecular formula is C18H22N6O. The smallest absolute Gasteiger partial charge is 0.227 e. The van der Waals surface area contributed by atoms with Crippen molar-refractivity contribution in [3.63, 3.8) is 0 Å². The standard InChI is InChI=1S/C18H22N6O/c1-23-17(15-11-19-20-12-15)21-22-18(23)24-8-6-13(7-9-24)14-4-3-5-16(10-14)25-2/h3-5,10-13H,6-9H2,1-2H3,(H,19,20). The van der Waals surface area contributed by atoms with Gasteiger partial charge in [-0.05, 0) is 36.5 Å². The highest BCUT2D eigenvalue weighted by Gasteiger charge is 2.24. The maximum absolute atomic E-state index is 5.35. The van der Waals surface area contributed by atoms with E-state index in [2.05, 4.69) is 43.5 Å². The van der Waals surface area contributed by atoms with Gasteiger partial charge in [-0.2, -0.15) is 5.10 Å². The Labute approximate surface area is 146 Å². The molecule has 1 aliphatic rings. The summed E-state index contributed by atoms with van der Waals surface area (Å²) in [5, 5.41) is 15.5. The number of H-pyrrole nitrogens is 1.